The van der Waals surface area contributed by atoms with E-state index in [1.807, 2.05) is 0 Å². The van der Waals surface area contributed by atoms with Crippen LogP contribution < -0.4 is 4.74 Å². The fourth-order valence-electron chi connectivity index (χ4n) is 1.88. The first-order valence-electron chi connectivity index (χ1n) is 6.42. The molecule has 0 aliphatic carbocycles. The van der Waals surface area contributed by atoms with Crippen molar-refractivity contribution in [3.05, 3.63) is 28.8 Å². The van der Waals surface area contributed by atoms with Gasteiger partial charge in [-0.05, 0) is 61.1 Å². The highest BCUT2D eigenvalue weighted by Gasteiger charge is 2.09. The lowest BCUT2D eigenvalue weighted by molar-refractivity contribution is 0.315. The maximum Gasteiger partial charge on any atom is 0.122 e. The molecule has 17 heavy (non-hydrogen) atoms. The lowest BCUT2D eigenvalue weighted by Crippen LogP contribution is -2.05. The van der Waals surface area contributed by atoms with Gasteiger partial charge < -0.3 is 4.74 Å². The molecule has 0 aliphatic heterocycles. The van der Waals surface area contributed by atoms with Gasteiger partial charge in [-0.1, -0.05) is 19.9 Å². The van der Waals surface area contributed by atoms with Crippen molar-refractivity contribution in [2.45, 2.75) is 40.5 Å². The van der Waals surface area contributed by atoms with Crippen LogP contribution in [0.5, 0.6) is 5.75 Å². The van der Waals surface area contributed by atoms with Crippen molar-refractivity contribution in [2.24, 2.45) is 5.92 Å². The fourth-order valence-corrected chi connectivity index (χ4v) is 2.01. The second-order valence-corrected chi connectivity index (χ2v) is 5.18. The maximum absolute atomic E-state index is 5.74. The summed E-state index contributed by atoms with van der Waals surface area (Å²) >= 11 is 4.35. The Balaban J connectivity index is 2.86. The SMILES string of the molecule is CCCOc1ccc(CC(C)CS)c(C)c1C. The van der Waals surface area contributed by atoms with Crippen LogP contribution in [-0.4, -0.2) is 12.4 Å². The Morgan fingerprint density at radius 2 is 1.94 bits per heavy atom. The van der Waals surface area contributed by atoms with Crippen LogP contribution in [0.2, 0.25) is 0 Å². The Morgan fingerprint density at radius 1 is 1.24 bits per heavy atom. The number of benzene rings is 1. The lowest BCUT2D eigenvalue weighted by Gasteiger charge is -2.16. The predicted octanol–water partition coefficient (Wildman–Crippen LogP) is 4.20. The van der Waals surface area contributed by atoms with E-state index < -0.39 is 0 Å². The topological polar surface area (TPSA) is 9.23 Å². The monoisotopic (exact) mass is 252 g/mol. The van der Waals surface area contributed by atoms with Gasteiger partial charge in [0.2, 0.25) is 0 Å². The van der Waals surface area contributed by atoms with Gasteiger partial charge in [0.05, 0.1) is 6.61 Å². The molecule has 1 atom stereocenters. The summed E-state index contributed by atoms with van der Waals surface area (Å²) in [5.74, 6) is 2.59. The van der Waals surface area contributed by atoms with E-state index in [1.165, 1.54) is 16.7 Å². The molecule has 0 spiro atoms. The molecule has 96 valence electrons. The molecule has 0 fully saturated rings. The van der Waals surface area contributed by atoms with Crippen LogP contribution in [0, 0.1) is 19.8 Å². The maximum atomic E-state index is 5.74. The molecule has 0 bridgehead atoms. The van der Waals surface area contributed by atoms with E-state index in [0.717, 1.165) is 31.0 Å². The smallest absolute Gasteiger partial charge is 0.122 e. The first kappa shape index (κ1) is 14.4. The van der Waals surface area contributed by atoms with Crippen molar-refractivity contribution >= 4 is 12.6 Å². The van der Waals surface area contributed by atoms with Crippen LogP contribution in [0.15, 0.2) is 12.1 Å². The second kappa shape index (κ2) is 6.95. The van der Waals surface area contributed by atoms with Gasteiger partial charge in [0.15, 0.2) is 0 Å². The first-order valence-corrected chi connectivity index (χ1v) is 7.06. The van der Waals surface area contributed by atoms with Crippen molar-refractivity contribution in [1.29, 1.82) is 0 Å². The minimum atomic E-state index is 0.624. The van der Waals surface area contributed by atoms with Gasteiger partial charge >= 0.3 is 0 Å². The Bertz CT molecular complexity index is 360. The summed E-state index contributed by atoms with van der Waals surface area (Å²) in [7, 11) is 0. The Morgan fingerprint density at radius 3 is 2.53 bits per heavy atom. The molecule has 0 N–H and O–H groups in total. The Labute approximate surface area is 111 Å². The summed E-state index contributed by atoms with van der Waals surface area (Å²) in [6.07, 6.45) is 2.15. The van der Waals surface area contributed by atoms with Crippen molar-refractivity contribution in [3.8, 4) is 5.75 Å². The van der Waals surface area contributed by atoms with Crippen LogP contribution in [0.25, 0.3) is 0 Å². The Kier molecular flexibility index (Phi) is 5.90. The van der Waals surface area contributed by atoms with E-state index in [1.54, 1.807) is 0 Å². The highest BCUT2D eigenvalue weighted by molar-refractivity contribution is 7.80. The zero-order valence-electron chi connectivity index (χ0n) is 11.4. The predicted molar refractivity (Wildman–Crippen MR) is 78.4 cm³/mol. The number of ether oxygens (including phenoxy) is 1. The zero-order valence-corrected chi connectivity index (χ0v) is 12.3. The molecule has 1 unspecified atom stereocenters. The minimum Gasteiger partial charge on any atom is -0.493 e. The number of thiol groups is 1. The summed E-state index contributed by atoms with van der Waals surface area (Å²) < 4.78 is 5.74. The molecule has 2 heteroatoms. The molecule has 0 amide bonds. The summed E-state index contributed by atoms with van der Waals surface area (Å²) in [4.78, 5) is 0. The van der Waals surface area contributed by atoms with Gasteiger partial charge in [-0.3, -0.25) is 0 Å². The second-order valence-electron chi connectivity index (χ2n) is 4.81. The third-order valence-electron chi connectivity index (χ3n) is 3.19. The number of rotatable bonds is 6. The first-order chi connectivity index (χ1) is 8.10. The lowest BCUT2D eigenvalue weighted by atomic mass is 9.95. The van der Waals surface area contributed by atoms with E-state index in [-0.39, 0.29) is 0 Å². The Hall–Kier alpha value is -0.630. The normalized spacial score (nSPS) is 12.5. The van der Waals surface area contributed by atoms with Gasteiger partial charge in [0.1, 0.15) is 5.75 Å². The molecule has 0 aromatic heterocycles. The van der Waals surface area contributed by atoms with Gasteiger partial charge in [0.25, 0.3) is 0 Å². The highest BCUT2D eigenvalue weighted by atomic mass is 32.1. The van der Waals surface area contributed by atoms with E-state index in [0.29, 0.717) is 5.92 Å². The van der Waals surface area contributed by atoms with Gasteiger partial charge in [-0.2, -0.15) is 12.6 Å². The zero-order chi connectivity index (χ0) is 12.8. The summed E-state index contributed by atoms with van der Waals surface area (Å²) in [6, 6.07) is 4.31. The van der Waals surface area contributed by atoms with Crippen molar-refractivity contribution in [3.63, 3.8) is 0 Å². The molecule has 1 rings (SSSR count). The average Bonchev–Trinajstić information content (AvgIpc) is 2.34. The summed E-state index contributed by atoms with van der Waals surface area (Å²) in [5.41, 5.74) is 4.07. The highest BCUT2D eigenvalue weighted by Crippen LogP contribution is 2.26. The van der Waals surface area contributed by atoms with Gasteiger partial charge in [-0.15, -0.1) is 0 Å². The largest absolute Gasteiger partial charge is 0.493 e. The molecule has 0 aliphatic rings. The number of hydrogen-bond acceptors (Lipinski definition) is 2. The third kappa shape index (κ3) is 3.95. The van der Waals surface area contributed by atoms with Crippen molar-refractivity contribution < 1.29 is 4.74 Å². The van der Waals surface area contributed by atoms with Crippen LogP contribution in [0.3, 0.4) is 0 Å². The summed E-state index contributed by atoms with van der Waals surface area (Å²) in [5, 5.41) is 0. The van der Waals surface area contributed by atoms with Crippen LogP contribution in [0.4, 0.5) is 0 Å². The van der Waals surface area contributed by atoms with E-state index in [2.05, 4.69) is 52.5 Å². The molecule has 1 aromatic rings. The quantitative estimate of drug-likeness (QED) is 0.747. The molecule has 0 saturated carbocycles. The molecule has 1 nitrogen and oxygen atoms in total. The molecule has 0 heterocycles. The molecule has 0 radical (unpaired) electrons. The standard InChI is InChI=1S/C15H24OS/c1-5-8-16-15-7-6-14(9-11(2)10-17)12(3)13(15)4/h6-7,11,17H,5,8-10H2,1-4H3. The van der Waals surface area contributed by atoms with Crippen molar-refractivity contribution in [2.75, 3.05) is 12.4 Å². The van der Waals surface area contributed by atoms with Gasteiger partial charge in [-0.25, -0.2) is 0 Å². The van der Waals surface area contributed by atoms with Crippen LogP contribution >= 0.6 is 12.6 Å². The number of hydrogen-bond donors (Lipinski definition) is 1. The van der Waals surface area contributed by atoms with Crippen LogP contribution in [-0.2, 0) is 6.42 Å². The fraction of sp³-hybridized carbons (Fsp3) is 0.600. The van der Waals surface area contributed by atoms with E-state index >= 15 is 0 Å². The van der Waals surface area contributed by atoms with Crippen LogP contribution in [0.1, 0.15) is 37.0 Å². The third-order valence-corrected chi connectivity index (χ3v) is 3.81. The van der Waals surface area contributed by atoms with Crippen molar-refractivity contribution in [1.82, 2.24) is 0 Å². The average molecular weight is 252 g/mol. The van der Waals surface area contributed by atoms with Gasteiger partial charge in [0, 0.05) is 0 Å². The van der Waals surface area contributed by atoms with E-state index in [9.17, 15) is 0 Å². The molecule has 0 saturated heterocycles. The molecular weight excluding hydrogens is 228 g/mol. The van der Waals surface area contributed by atoms with E-state index in [4.69, 9.17) is 4.74 Å². The molecule has 1 aromatic carbocycles. The minimum absolute atomic E-state index is 0.624. The summed E-state index contributed by atoms with van der Waals surface area (Å²) in [6.45, 7) is 9.50. The molecular formula is C15H24OS.